The minimum atomic E-state index is -0.545. The van der Waals surface area contributed by atoms with E-state index >= 15 is 0 Å². The van der Waals surface area contributed by atoms with Gasteiger partial charge in [-0.25, -0.2) is 5.43 Å². The molecule has 0 aliphatic heterocycles. The number of para-hydroxylation sites is 1. The maximum atomic E-state index is 12.1. The molecule has 0 saturated heterocycles. The molecule has 3 aromatic carbocycles. The molecule has 0 heterocycles. The second-order valence-electron chi connectivity index (χ2n) is 6.67. The van der Waals surface area contributed by atoms with Crippen LogP contribution in [0.2, 0.25) is 5.02 Å². The average Bonchev–Trinajstić information content (AvgIpc) is 2.79. The van der Waals surface area contributed by atoms with E-state index in [9.17, 15) is 9.59 Å². The molecule has 0 saturated carbocycles. The summed E-state index contributed by atoms with van der Waals surface area (Å²) in [5.41, 5.74) is 4.41. The first kappa shape index (κ1) is 22.8. The van der Waals surface area contributed by atoms with Gasteiger partial charge in [-0.2, -0.15) is 5.10 Å². The average molecular weight is 452 g/mol. The van der Waals surface area contributed by atoms with Gasteiger partial charge in [0.25, 0.3) is 0 Å². The molecular formula is C24H22ClN3O4. The van der Waals surface area contributed by atoms with Crippen LogP contribution in [0.3, 0.4) is 0 Å². The van der Waals surface area contributed by atoms with Crippen molar-refractivity contribution >= 4 is 35.3 Å². The third-order valence-electron chi connectivity index (χ3n) is 4.33. The van der Waals surface area contributed by atoms with Crippen molar-refractivity contribution in [3.05, 3.63) is 88.9 Å². The highest BCUT2D eigenvalue weighted by molar-refractivity contribution is 6.31. The molecule has 2 amide bonds. The SMILES string of the molecule is COc1cccc(NC(=O)CC(=O)NN=Cc2ccccc2OCc2ccccc2Cl)c1. The largest absolute Gasteiger partial charge is 0.497 e. The van der Waals surface area contributed by atoms with Gasteiger partial charge in [-0.05, 0) is 30.3 Å². The molecule has 3 aromatic rings. The first-order valence-corrected chi connectivity index (χ1v) is 10.1. The lowest BCUT2D eigenvalue weighted by Crippen LogP contribution is -2.24. The van der Waals surface area contributed by atoms with Crippen molar-refractivity contribution in [1.29, 1.82) is 0 Å². The number of halogens is 1. The van der Waals surface area contributed by atoms with E-state index in [1.165, 1.54) is 13.3 Å². The van der Waals surface area contributed by atoms with E-state index < -0.39 is 11.8 Å². The second kappa shape index (κ2) is 11.5. The van der Waals surface area contributed by atoms with Crippen LogP contribution in [0.5, 0.6) is 11.5 Å². The number of benzene rings is 3. The highest BCUT2D eigenvalue weighted by Gasteiger charge is 2.10. The lowest BCUT2D eigenvalue weighted by atomic mass is 10.2. The number of nitrogens with one attached hydrogen (secondary N) is 2. The highest BCUT2D eigenvalue weighted by Crippen LogP contribution is 2.21. The smallest absolute Gasteiger partial charge is 0.249 e. The van der Waals surface area contributed by atoms with Crippen molar-refractivity contribution < 1.29 is 19.1 Å². The molecule has 7 nitrogen and oxygen atoms in total. The quantitative estimate of drug-likeness (QED) is 0.286. The molecule has 8 heteroatoms. The summed E-state index contributed by atoms with van der Waals surface area (Å²) in [6, 6.07) is 21.5. The number of carbonyl (C=O) groups excluding carboxylic acids is 2. The summed E-state index contributed by atoms with van der Waals surface area (Å²) in [6.07, 6.45) is 1.08. The summed E-state index contributed by atoms with van der Waals surface area (Å²) in [6.45, 7) is 0.293. The number of hydrogen-bond acceptors (Lipinski definition) is 5. The summed E-state index contributed by atoms with van der Waals surface area (Å²) in [5.74, 6) is 0.180. The molecule has 0 aliphatic rings. The molecule has 0 aliphatic carbocycles. The predicted molar refractivity (Wildman–Crippen MR) is 124 cm³/mol. The third-order valence-corrected chi connectivity index (χ3v) is 4.70. The van der Waals surface area contributed by atoms with Gasteiger partial charge in [0, 0.05) is 27.9 Å². The number of nitrogens with zero attached hydrogens (tertiary/aromatic N) is 1. The maximum Gasteiger partial charge on any atom is 0.249 e. The van der Waals surface area contributed by atoms with Gasteiger partial charge in [-0.3, -0.25) is 9.59 Å². The summed E-state index contributed by atoms with van der Waals surface area (Å²) < 4.78 is 11.0. The normalized spacial score (nSPS) is 10.6. The first-order chi connectivity index (χ1) is 15.5. The number of anilines is 1. The molecule has 0 fully saturated rings. The van der Waals surface area contributed by atoms with Crippen molar-refractivity contribution in [2.45, 2.75) is 13.0 Å². The van der Waals surface area contributed by atoms with Gasteiger partial charge >= 0.3 is 0 Å². The minimum Gasteiger partial charge on any atom is -0.497 e. The van der Waals surface area contributed by atoms with Gasteiger partial charge in [0.1, 0.15) is 24.5 Å². The zero-order valence-corrected chi connectivity index (χ0v) is 18.1. The van der Waals surface area contributed by atoms with Gasteiger partial charge in [-0.15, -0.1) is 0 Å². The Hall–Kier alpha value is -3.84. The van der Waals surface area contributed by atoms with E-state index in [0.717, 1.165) is 5.56 Å². The predicted octanol–water partition coefficient (Wildman–Crippen LogP) is 4.41. The van der Waals surface area contributed by atoms with Crippen LogP contribution in [0.1, 0.15) is 17.5 Å². The molecule has 2 N–H and O–H groups in total. The summed E-state index contributed by atoms with van der Waals surface area (Å²) >= 11 is 6.16. The highest BCUT2D eigenvalue weighted by atomic mass is 35.5. The Morgan fingerprint density at radius 1 is 1.00 bits per heavy atom. The second-order valence-corrected chi connectivity index (χ2v) is 7.08. The van der Waals surface area contributed by atoms with Crippen LogP contribution in [-0.2, 0) is 16.2 Å². The molecule has 3 rings (SSSR count). The number of rotatable bonds is 9. The number of hydrazone groups is 1. The molecule has 164 valence electrons. The van der Waals surface area contributed by atoms with Crippen LogP contribution in [0.15, 0.2) is 77.9 Å². The van der Waals surface area contributed by atoms with E-state index in [2.05, 4.69) is 15.8 Å². The minimum absolute atomic E-state index is 0.293. The van der Waals surface area contributed by atoms with Gasteiger partial charge in [0.05, 0.1) is 13.3 Å². The lowest BCUT2D eigenvalue weighted by Gasteiger charge is -2.10. The van der Waals surface area contributed by atoms with Gasteiger partial charge < -0.3 is 14.8 Å². The van der Waals surface area contributed by atoms with E-state index in [-0.39, 0.29) is 6.42 Å². The molecule has 32 heavy (non-hydrogen) atoms. The van der Waals surface area contributed by atoms with E-state index in [4.69, 9.17) is 21.1 Å². The Balaban J connectivity index is 1.52. The van der Waals surface area contributed by atoms with Crippen LogP contribution in [0, 0.1) is 0 Å². The van der Waals surface area contributed by atoms with E-state index in [0.29, 0.717) is 34.4 Å². The molecular weight excluding hydrogens is 430 g/mol. The van der Waals surface area contributed by atoms with Crippen molar-refractivity contribution in [3.8, 4) is 11.5 Å². The number of hydrogen-bond donors (Lipinski definition) is 2. The van der Waals surface area contributed by atoms with Crippen molar-refractivity contribution in [1.82, 2.24) is 5.43 Å². The zero-order chi connectivity index (χ0) is 22.8. The van der Waals surface area contributed by atoms with Crippen molar-refractivity contribution in [2.75, 3.05) is 12.4 Å². The Morgan fingerprint density at radius 2 is 1.78 bits per heavy atom. The Labute approximate surface area is 191 Å². The Bertz CT molecular complexity index is 1120. The Kier molecular flexibility index (Phi) is 8.22. The third kappa shape index (κ3) is 6.85. The summed E-state index contributed by atoms with van der Waals surface area (Å²) in [7, 11) is 1.53. The van der Waals surface area contributed by atoms with E-state index in [1.807, 2.05) is 30.3 Å². The number of methoxy groups -OCH3 is 1. The fourth-order valence-electron chi connectivity index (χ4n) is 2.75. The van der Waals surface area contributed by atoms with Crippen molar-refractivity contribution in [2.24, 2.45) is 5.10 Å². The fraction of sp³-hybridized carbons (Fsp3) is 0.125. The lowest BCUT2D eigenvalue weighted by molar-refractivity contribution is -0.126. The van der Waals surface area contributed by atoms with Crippen molar-refractivity contribution in [3.63, 3.8) is 0 Å². The van der Waals surface area contributed by atoms with Gasteiger partial charge in [0.2, 0.25) is 11.8 Å². The fourth-order valence-corrected chi connectivity index (χ4v) is 2.95. The number of amides is 2. The number of carbonyl (C=O) groups is 2. The molecule has 0 spiro atoms. The molecule has 0 unspecified atom stereocenters. The standard InChI is InChI=1S/C24H22ClN3O4/c1-31-20-10-6-9-19(13-20)27-23(29)14-24(30)28-26-15-17-7-3-5-12-22(17)32-16-18-8-2-4-11-21(18)25/h2-13,15H,14,16H2,1H3,(H,27,29)(H,28,30). The van der Waals surface area contributed by atoms with Crippen LogP contribution in [0.4, 0.5) is 5.69 Å². The van der Waals surface area contributed by atoms with Crippen LogP contribution in [0.25, 0.3) is 0 Å². The maximum absolute atomic E-state index is 12.1. The van der Waals surface area contributed by atoms with Crippen LogP contribution in [-0.4, -0.2) is 25.1 Å². The first-order valence-electron chi connectivity index (χ1n) is 9.76. The van der Waals surface area contributed by atoms with E-state index in [1.54, 1.807) is 42.5 Å². The zero-order valence-electron chi connectivity index (χ0n) is 17.4. The van der Waals surface area contributed by atoms with Gasteiger partial charge in [0.15, 0.2) is 0 Å². The summed E-state index contributed by atoms with van der Waals surface area (Å²) in [5, 5.41) is 7.19. The molecule has 0 bridgehead atoms. The molecule has 0 radical (unpaired) electrons. The Morgan fingerprint density at radius 3 is 2.59 bits per heavy atom. The summed E-state index contributed by atoms with van der Waals surface area (Å²) in [4.78, 5) is 24.1. The molecule has 0 aromatic heterocycles. The van der Waals surface area contributed by atoms with Gasteiger partial charge in [-0.1, -0.05) is 48.0 Å². The topological polar surface area (TPSA) is 89.0 Å². The number of ether oxygens (including phenoxy) is 2. The monoisotopic (exact) mass is 451 g/mol. The van der Waals surface area contributed by atoms with Crippen LogP contribution < -0.4 is 20.2 Å². The van der Waals surface area contributed by atoms with Crippen LogP contribution >= 0.6 is 11.6 Å². The molecule has 0 atom stereocenters.